The average molecular weight is 241 g/mol. The molecule has 0 unspecified atom stereocenters. The minimum atomic E-state index is -0.536. The Balaban J connectivity index is 2.30. The van der Waals surface area contributed by atoms with E-state index in [4.69, 9.17) is 0 Å². The molecule has 2 N–H and O–H groups in total. The second-order valence-electron chi connectivity index (χ2n) is 4.64. The zero-order valence-electron chi connectivity index (χ0n) is 10.8. The summed E-state index contributed by atoms with van der Waals surface area (Å²) in [6.45, 7) is 3.12. The van der Waals surface area contributed by atoms with Crippen molar-refractivity contribution in [2.45, 2.75) is 44.6 Å². The monoisotopic (exact) mass is 241 g/mol. The first-order valence-corrected chi connectivity index (χ1v) is 6.32. The maximum Gasteiger partial charge on any atom is 0.333 e. The van der Waals surface area contributed by atoms with Gasteiger partial charge in [-0.15, -0.1) is 0 Å². The molecule has 0 saturated heterocycles. The third kappa shape index (κ3) is 4.48. The Kier molecular flexibility index (Phi) is 5.65. The van der Waals surface area contributed by atoms with E-state index in [9.17, 15) is 9.90 Å². The summed E-state index contributed by atoms with van der Waals surface area (Å²) < 4.78 is 4.67. The zero-order chi connectivity index (χ0) is 12.7. The molecule has 0 atom stereocenters. The van der Waals surface area contributed by atoms with E-state index >= 15 is 0 Å². The molecule has 17 heavy (non-hydrogen) atoms. The molecular weight excluding hydrogens is 218 g/mol. The smallest absolute Gasteiger partial charge is 0.333 e. The van der Waals surface area contributed by atoms with Crippen molar-refractivity contribution in [3.05, 3.63) is 11.6 Å². The van der Waals surface area contributed by atoms with Gasteiger partial charge in [0.05, 0.1) is 12.7 Å². The largest absolute Gasteiger partial charge is 0.466 e. The highest BCUT2D eigenvalue weighted by molar-refractivity contribution is 5.88. The fraction of sp³-hybridized carbons (Fsp3) is 0.769. The third-order valence-electron chi connectivity index (χ3n) is 3.31. The number of nitrogens with one attached hydrogen (secondary N) is 1. The molecule has 0 aromatic rings. The molecule has 1 aliphatic rings. The molecule has 4 heteroatoms. The molecule has 0 heterocycles. The summed E-state index contributed by atoms with van der Waals surface area (Å²) in [6.07, 6.45) is 6.47. The lowest BCUT2D eigenvalue weighted by Crippen LogP contribution is -2.38. The van der Waals surface area contributed by atoms with E-state index in [1.807, 2.05) is 13.0 Å². The first-order chi connectivity index (χ1) is 8.11. The second kappa shape index (κ2) is 6.77. The molecule has 0 aliphatic heterocycles. The number of methoxy groups -OCH3 is 1. The normalized spacial score (nSPS) is 19.4. The van der Waals surface area contributed by atoms with Crippen molar-refractivity contribution in [2.75, 3.05) is 20.2 Å². The van der Waals surface area contributed by atoms with Gasteiger partial charge in [-0.2, -0.15) is 0 Å². The molecule has 1 rings (SSSR count). The van der Waals surface area contributed by atoms with E-state index < -0.39 is 5.60 Å². The Labute approximate surface area is 103 Å². The van der Waals surface area contributed by atoms with Crippen molar-refractivity contribution in [2.24, 2.45) is 0 Å². The summed E-state index contributed by atoms with van der Waals surface area (Å²) in [5, 5.41) is 13.3. The molecule has 0 radical (unpaired) electrons. The van der Waals surface area contributed by atoms with Crippen LogP contribution in [-0.2, 0) is 9.53 Å². The zero-order valence-corrected chi connectivity index (χ0v) is 10.8. The number of rotatable bonds is 6. The van der Waals surface area contributed by atoms with Crippen LogP contribution in [0, 0.1) is 0 Å². The highest BCUT2D eigenvalue weighted by Crippen LogP contribution is 2.28. The second-order valence-corrected chi connectivity index (χ2v) is 4.64. The Morgan fingerprint density at radius 3 is 2.65 bits per heavy atom. The maximum absolute atomic E-state index is 11.3. The van der Waals surface area contributed by atoms with Crippen LogP contribution in [0.4, 0.5) is 0 Å². The number of carbonyl (C=O) groups excluding carboxylic acids is 1. The minimum Gasteiger partial charge on any atom is -0.466 e. The lowest BCUT2D eigenvalue weighted by molar-refractivity contribution is -0.136. The molecule has 4 nitrogen and oxygen atoms in total. The predicted molar refractivity (Wildman–Crippen MR) is 66.7 cm³/mol. The van der Waals surface area contributed by atoms with Crippen LogP contribution in [0.5, 0.6) is 0 Å². The maximum atomic E-state index is 11.3. The van der Waals surface area contributed by atoms with E-state index in [-0.39, 0.29) is 5.97 Å². The minimum absolute atomic E-state index is 0.270. The number of esters is 1. The van der Waals surface area contributed by atoms with Crippen LogP contribution < -0.4 is 5.32 Å². The van der Waals surface area contributed by atoms with Crippen molar-refractivity contribution in [3.63, 3.8) is 0 Å². The first kappa shape index (κ1) is 14.2. The van der Waals surface area contributed by atoms with Gasteiger partial charge in [-0.3, -0.25) is 0 Å². The average Bonchev–Trinajstić information content (AvgIpc) is 2.76. The number of carbonyl (C=O) groups is 1. The highest BCUT2D eigenvalue weighted by Gasteiger charge is 2.30. The van der Waals surface area contributed by atoms with Gasteiger partial charge < -0.3 is 15.2 Å². The van der Waals surface area contributed by atoms with Crippen LogP contribution in [0.2, 0.25) is 0 Å². The molecule has 0 aromatic carbocycles. The van der Waals surface area contributed by atoms with Gasteiger partial charge in [0.15, 0.2) is 0 Å². The topological polar surface area (TPSA) is 58.6 Å². The Bertz CT molecular complexity index is 280. The summed E-state index contributed by atoms with van der Waals surface area (Å²) in [7, 11) is 1.39. The fourth-order valence-corrected chi connectivity index (χ4v) is 2.21. The van der Waals surface area contributed by atoms with Gasteiger partial charge in [0.25, 0.3) is 0 Å². The van der Waals surface area contributed by atoms with Gasteiger partial charge in [-0.1, -0.05) is 25.8 Å². The van der Waals surface area contributed by atoms with Gasteiger partial charge in [0, 0.05) is 18.7 Å². The molecule has 1 aliphatic carbocycles. The Hall–Kier alpha value is -0.870. The van der Waals surface area contributed by atoms with Crippen LogP contribution in [0.3, 0.4) is 0 Å². The summed E-state index contributed by atoms with van der Waals surface area (Å²) >= 11 is 0. The Morgan fingerprint density at radius 2 is 2.12 bits per heavy atom. The van der Waals surface area contributed by atoms with E-state index in [1.165, 1.54) is 7.11 Å². The van der Waals surface area contributed by atoms with E-state index in [0.717, 1.165) is 25.7 Å². The summed E-state index contributed by atoms with van der Waals surface area (Å²) in [5.74, 6) is -0.270. The molecule has 1 saturated carbocycles. The molecule has 98 valence electrons. The van der Waals surface area contributed by atoms with E-state index in [1.54, 1.807) is 0 Å². The SMILES string of the molecule is CCC(=CCNCC1(O)CCCC1)C(=O)OC. The summed E-state index contributed by atoms with van der Waals surface area (Å²) in [6, 6.07) is 0. The fourth-order valence-electron chi connectivity index (χ4n) is 2.21. The lowest BCUT2D eigenvalue weighted by Gasteiger charge is -2.22. The van der Waals surface area contributed by atoms with Gasteiger partial charge in [0.1, 0.15) is 0 Å². The number of hydrogen-bond donors (Lipinski definition) is 2. The number of aliphatic hydroxyl groups is 1. The van der Waals surface area contributed by atoms with Gasteiger partial charge in [0.2, 0.25) is 0 Å². The molecule has 0 spiro atoms. The van der Waals surface area contributed by atoms with Crippen LogP contribution in [0.1, 0.15) is 39.0 Å². The van der Waals surface area contributed by atoms with Gasteiger partial charge in [-0.05, 0) is 19.3 Å². The summed E-state index contributed by atoms with van der Waals surface area (Å²) in [5.41, 5.74) is 0.143. The van der Waals surface area contributed by atoms with Crippen LogP contribution in [-0.4, -0.2) is 36.9 Å². The molecular formula is C13H23NO3. The van der Waals surface area contributed by atoms with Crippen molar-refractivity contribution in [1.29, 1.82) is 0 Å². The third-order valence-corrected chi connectivity index (χ3v) is 3.31. The van der Waals surface area contributed by atoms with Crippen LogP contribution >= 0.6 is 0 Å². The highest BCUT2D eigenvalue weighted by atomic mass is 16.5. The summed E-state index contributed by atoms with van der Waals surface area (Å²) in [4.78, 5) is 11.3. The van der Waals surface area contributed by atoms with Crippen molar-refractivity contribution in [3.8, 4) is 0 Å². The van der Waals surface area contributed by atoms with Gasteiger partial charge >= 0.3 is 5.97 Å². The van der Waals surface area contributed by atoms with Crippen molar-refractivity contribution >= 4 is 5.97 Å². The molecule has 1 fully saturated rings. The molecule has 0 amide bonds. The first-order valence-electron chi connectivity index (χ1n) is 6.32. The Morgan fingerprint density at radius 1 is 1.47 bits per heavy atom. The van der Waals surface area contributed by atoms with Crippen LogP contribution in [0.15, 0.2) is 11.6 Å². The number of ether oxygens (including phenoxy) is 1. The number of hydrogen-bond acceptors (Lipinski definition) is 4. The van der Waals surface area contributed by atoms with Gasteiger partial charge in [-0.25, -0.2) is 4.79 Å². The molecule has 0 bridgehead atoms. The quantitative estimate of drug-likeness (QED) is 0.419. The van der Waals surface area contributed by atoms with Crippen molar-refractivity contribution < 1.29 is 14.6 Å². The van der Waals surface area contributed by atoms with Crippen LogP contribution in [0.25, 0.3) is 0 Å². The lowest BCUT2D eigenvalue weighted by atomic mass is 10.0. The van der Waals surface area contributed by atoms with Crippen molar-refractivity contribution in [1.82, 2.24) is 5.32 Å². The predicted octanol–water partition coefficient (Wildman–Crippen LogP) is 1.39. The van der Waals surface area contributed by atoms with E-state index in [0.29, 0.717) is 25.1 Å². The van der Waals surface area contributed by atoms with E-state index in [2.05, 4.69) is 10.1 Å². The standard InChI is InChI=1S/C13H23NO3/c1-3-11(12(15)17-2)6-9-14-10-13(16)7-4-5-8-13/h6,14,16H,3-5,7-10H2,1-2H3. The molecule has 0 aromatic heterocycles.